The smallest absolute Gasteiger partial charge is 0.341 e. The van der Waals surface area contributed by atoms with Gasteiger partial charge in [-0.2, -0.15) is 0 Å². The van der Waals surface area contributed by atoms with E-state index in [-0.39, 0.29) is 12.1 Å². The summed E-state index contributed by atoms with van der Waals surface area (Å²) in [4.78, 5) is 34.5. The van der Waals surface area contributed by atoms with Crippen LogP contribution in [0.2, 0.25) is 5.02 Å². The molecular weight excluding hydrogens is 296 g/mol. The molecule has 0 atom stereocenters. The predicted octanol–water partition coefficient (Wildman–Crippen LogP) is 1.84. The van der Waals surface area contributed by atoms with Gasteiger partial charge in [-0.3, -0.25) is 9.59 Å². The van der Waals surface area contributed by atoms with Crippen LogP contribution < -0.4 is 10.9 Å². The van der Waals surface area contributed by atoms with E-state index in [4.69, 9.17) is 16.7 Å². The van der Waals surface area contributed by atoms with Crippen LogP contribution in [0.3, 0.4) is 0 Å². The summed E-state index contributed by atoms with van der Waals surface area (Å²) in [5.74, 6) is -1.77. The van der Waals surface area contributed by atoms with Gasteiger partial charge in [-0.25, -0.2) is 4.79 Å². The summed E-state index contributed by atoms with van der Waals surface area (Å²) in [6.45, 7) is -0.275. The monoisotopic (exact) mass is 306 g/mol. The van der Waals surface area contributed by atoms with E-state index in [2.05, 4.69) is 5.32 Å². The van der Waals surface area contributed by atoms with Crippen molar-refractivity contribution in [3.05, 3.63) is 63.5 Å². The number of hydrogen-bond acceptors (Lipinski definition) is 3. The molecule has 0 spiro atoms. The number of carboxylic acid groups (broad SMARTS) is 1. The Morgan fingerprint density at radius 2 is 1.86 bits per heavy atom. The molecule has 0 fully saturated rings. The molecule has 108 valence electrons. The van der Waals surface area contributed by atoms with E-state index in [1.807, 2.05) is 0 Å². The van der Waals surface area contributed by atoms with Gasteiger partial charge < -0.3 is 15.0 Å². The average molecular weight is 307 g/mol. The van der Waals surface area contributed by atoms with Crippen LogP contribution in [-0.4, -0.2) is 21.6 Å². The molecule has 1 amide bonds. The van der Waals surface area contributed by atoms with Crippen molar-refractivity contribution >= 4 is 29.2 Å². The number of aromatic carboxylic acids is 1. The Hall–Kier alpha value is -2.60. The second-order valence-electron chi connectivity index (χ2n) is 4.22. The number of benzene rings is 1. The van der Waals surface area contributed by atoms with Crippen LogP contribution in [0.5, 0.6) is 0 Å². The Labute approximate surface area is 124 Å². The number of anilines is 1. The van der Waals surface area contributed by atoms with Gasteiger partial charge in [0, 0.05) is 16.9 Å². The molecule has 0 saturated carbocycles. The summed E-state index contributed by atoms with van der Waals surface area (Å²) < 4.78 is 1.04. The summed E-state index contributed by atoms with van der Waals surface area (Å²) in [7, 11) is 0. The zero-order valence-corrected chi connectivity index (χ0v) is 11.5. The quantitative estimate of drug-likeness (QED) is 0.902. The van der Waals surface area contributed by atoms with E-state index in [9.17, 15) is 14.4 Å². The van der Waals surface area contributed by atoms with Gasteiger partial charge >= 0.3 is 5.97 Å². The molecule has 7 heteroatoms. The molecule has 1 aromatic carbocycles. The molecule has 1 aromatic heterocycles. The van der Waals surface area contributed by atoms with Crippen molar-refractivity contribution in [2.75, 3.05) is 5.32 Å². The van der Waals surface area contributed by atoms with Crippen LogP contribution in [0.15, 0.2) is 47.4 Å². The Bertz CT molecular complexity index is 737. The van der Waals surface area contributed by atoms with Gasteiger partial charge in [0.1, 0.15) is 12.1 Å². The summed E-state index contributed by atoms with van der Waals surface area (Å²) in [5, 5.41) is 12.0. The summed E-state index contributed by atoms with van der Waals surface area (Å²) in [6.07, 6.45) is 1.36. The van der Waals surface area contributed by atoms with Gasteiger partial charge in [0.15, 0.2) is 0 Å². The van der Waals surface area contributed by atoms with Crippen molar-refractivity contribution in [3.63, 3.8) is 0 Å². The maximum absolute atomic E-state index is 11.8. The maximum atomic E-state index is 11.8. The second kappa shape index (κ2) is 6.23. The van der Waals surface area contributed by atoms with Gasteiger partial charge in [0.25, 0.3) is 5.56 Å². The van der Waals surface area contributed by atoms with E-state index in [1.54, 1.807) is 24.3 Å². The Kier molecular flexibility index (Phi) is 4.39. The number of hydrogen-bond donors (Lipinski definition) is 2. The number of carbonyl (C=O) groups excluding carboxylic acids is 1. The molecule has 2 aromatic rings. The first-order valence-electron chi connectivity index (χ1n) is 5.95. The minimum Gasteiger partial charge on any atom is -0.477 e. The van der Waals surface area contributed by atoms with E-state index in [0.29, 0.717) is 10.7 Å². The van der Waals surface area contributed by atoms with Crippen LogP contribution >= 0.6 is 11.6 Å². The van der Waals surface area contributed by atoms with Crippen LogP contribution in [0.25, 0.3) is 0 Å². The maximum Gasteiger partial charge on any atom is 0.341 e. The number of carbonyl (C=O) groups is 2. The lowest BCUT2D eigenvalue weighted by Crippen LogP contribution is -2.30. The lowest BCUT2D eigenvalue weighted by molar-refractivity contribution is -0.116. The molecule has 1 heterocycles. The fourth-order valence-electron chi connectivity index (χ4n) is 1.71. The number of nitrogens with zero attached hydrogens (tertiary/aromatic N) is 1. The molecule has 0 unspecified atom stereocenters. The highest BCUT2D eigenvalue weighted by Crippen LogP contribution is 2.13. The molecule has 0 bridgehead atoms. The lowest BCUT2D eigenvalue weighted by Gasteiger charge is -2.08. The van der Waals surface area contributed by atoms with Gasteiger partial charge in [0.05, 0.1) is 0 Å². The first kappa shape index (κ1) is 14.8. The minimum absolute atomic E-state index is 0.275. The third kappa shape index (κ3) is 3.70. The number of nitrogens with one attached hydrogen (secondary N) is 1. The standard InChI is InChI=1S/C14H11ClN2O4/c15-9-3-5-10(6-4-9)16-12(18)8-17-7-1-2-11(13(17)19)14(20)21/h1-7H,8H2,(H,16,18)(H,20,21). The molecule has 0 radical (unpaired) electrons. The van der Waals surface area contributed by atoms with Crippen LogP contribution in [-0.2, 0) is 11.3 Å². The molecule has 21 heavy (non-hydrogen) atoms. The van der Waals surface area contributed by atoms with Gasteiger partial charge in [0.2, 0.25) is 5.91 Å². The van der Waals surface area contributed by atoms with E-state index in [1.165, 1.54) is 18.3 Å². The topological polar surface area (TPSA) is 88.4 Å². The highest BCUT2D eigenvalue weighted by molar-refractivity contribution is 6.30. The molecule has 0 aliphatic carbocycles. The number of amides is 1. The van der Waals surface area contributed by atoms with Gasteiger partial charge in [-0.1, -0.05) is 11.6 Å². The molecule has 0 aliphatic rings. The van der Waals surface area contributed by atoms with Crippen molar-refractivity contribution in [2.24, 2.45) is 0 Å². The molecular formula is C14H11ClN2O4. The number of rotatable bonds is 4. The SMILES string of the molecule is O=C(Cn1cccc(C(=O)O)c1=O)Nc1ccc(Cl)cc1. The van der Waals surface area contributed by atoms with E-state index < -0.39 is 17.4 Å². The second-order valence-corrected chi connectivity index (χ2v) is 4.65. The largest absolute Gasteiger partial charge is 0.477 e. The first-order valence-corrected chi connectivity index (χ1v) is 6.33. The van der Waals surface area contributed by atoms with Gasteiger partial charge in [-0.15, -0.1) is 0 Å². The number of pyridine rings is 1. The zero-order chi connectivity index (χ0) is 15.4. The van der Waals surface area contributed by atoms with Crippen molar-refractivity contribution < 1.29 is 14.7 Å². The Balaban J connectivity index is 2.13. The zero-order valence-electron chi connectivity index (χ0n) is 10.7. The first-order chi connectivity index (χ1) is 9.97. The molecule has 2 N–H and O–H groups in total. The van der Waals surface area contributed by atoms with Crippen molar-refractivity contribution in [1.82, 2.24) is 4.57 Å². The predicted molar refractivity (Wildman–Crippen MR) is 77.7 cm³/mol. The summed E-state index contributed by atoms with van der Waals surface area (Å²) in [5.41, 5.74) is -0.570. The number of aromatic nitrogens is 1. The molecule has 0 saturated heterocycles. The third-order valence-corrected chi connectivity index (χ3v) is 2.94. The molecule has 0 aliphatic heterocycles. The fourth-order valence-corrected chi connectivity index (χ4v) is 1.84. The summed E-state index contributed by atoms with van der Waals surface area (Å²) in [6, 6.07) is 9.08. The molecule has 2 rings (SSSR count). The van der Waals surface area contributed by atoms with Gasteiger partial charge in [-0.05, 0) is 36.4 Å². The highest BCUT2D eigenvalue weighted by atomic mass is 35.5. The number of carboxylic acids is 1. The highest BCUT2D eigenvalue weighted by Gasteiger charge is 2.12. The Morgan fingerprint density at radius 1 is 1.19 bits per heavy atom. The van der Waals surface area contributed by atoms with Crippen molar-refractivity contribution in [2.45, 2.75) is 6.54 Å². The van der Waals surface area contributed by atoms with Crippen molar-refractivity contribution in [3.8, 4) is 0 Å². The van der Waals surface area contributed by atoms with E-state index in [0.717, 1.165) is 4.57 Å². The summed E-state index contributed by atoms with van der Waals surface area (Å²) >= 11 is 5.73. The van der Waals surface area contributed by atoms with Crippen LogP contribution in [0.1, 0.15) is 10.4 Å². The van der Waals surface area contributed by atoms with Crippen molar-refractivity contribution in [1.29, 1.82) is 0 Å². The lowest BCUT2D eigenvalue weighted by atomic mass is 10.3. The normalized spacial score (nSPS) is 10.1. The van der Waals surface area contributed by atoms with E-state index >= 15 is 0 Å². The van der Waals surface area contributed by atoms with Crippen LogP contribution in [0.4, 0.5) is 5.69 Å². The average Bonchev–Trinajstić information content (AvgIpc) is 2.43. The number of halogens is 1. The fraction of sp³-hybridized carbons (Fsp3) is 0.0714. The van der Waals surface area contributed by atoms with Crippen LogP contribution in [0, 0.1) is 0 Å². The minimum atomic E-state index is -1.33. The Morgan fingerprint density at radius 3 is 2.48 bits per heavy atom. The molecule has 6 nitrogen and oxygen atoms in total. The third-order valence-electron chi connectivity index (χ3n) is 2.69.